The zero-order valence-corrected chi connectivity index (χ0v) is 17.0. The lowest BCUT2D eigenvalue weighted by atomic mass is 9.84. The van der Waals surface area contributed by atoms with Crippen molar-refractivity contribution in [1.82, 2.24) is 9.80 Å². The molecule has 1 aliphatic rings. The van der Waals surface area contributed by atoms with Crippen molar-refractivity contribution in [2.45, 2.75) is 12.5 Å². The summed E-state index contributed by atoms with van der Waals surface area (Å²) in [5.41, 5.74) is 4.37. The van der Waals surface area contributed by atoms with Crippen LogP contribution in [0.15, 0.2) is 36.4 Å². The van der Waals surface area contributed by atoms with E-state index in [4.69, 9.17) is 23.2 Å². The van der Waals surface area contributed by atoms with Gasteiger partial charge in [-0.3, -0.25) is 4.90 Å². The molecule has 2 aromatic rings. The summed E-state index contributed by atoms with van der Waals surface area (Å²) in [6.45, 7) is 1.72. The molecule has 0 aromatic heterocycles. The molecule has 1 heterocycles. The van der Waals surface area contributed by atoms with Crippen LogP contribution < -0.4 is 4.90 Å². The third-order valence-corrected chi connectivity index (χ3v) is 5.40. The molecule has 138 valence electrons. The Kier molecular flexibility index (Phi) is 5.47. The molecule has 3 rings (SSSR count). The predicted molar refractivity (Wildman–Crippen MR) is 109 cm³/mol. The van der Waals surface area contributed by atoms with Crippen LogP contribution in [0.2, 0.25) is 10.0 Å². The van der Waals surface area contributed by atoms with Gasteiger partial charge in [0.1, 0.15) is 0 Å². The fraction of sp³-hybridized carbons (Fsp3) is 0.350. The smallest absolute Gasteiger partial charge is 0.323 e. The van der Waals surface area contributed by atoms with Gasteiger partial charge in [-0.25, -0.2) is 4.79 Å². The number of anilines is 1. The third-order valence-electron chi connectivity index (χ3n) is 4.84. The fourth-order valence-corrected chi connectivity index (χ4v) is 4.04. The lowest BCUT2D eigenvalue weighted by Crippen LogP contribution is -2.36. The summed E-state index contributed by atoms with van der Waals surface area (Å²) in [6, 6.07) is 11.9. The molecule has 4 nitrogen and oxygen atoms in total. The van der Waals surface area contributed by atoms with E-state index in [0.29, 0.717) is 5.02 Å². The van der Waals surface area contributed by atoms with Crippen LogP contribution in [0.1, 0.15) is 22.6 Å². The molecular weight excluding hydrogens is 369 g/mol. The minimum atomic E-state index is -0.0564. The molecule has 0 fully saturated rings. The Labute approximate surface area is 164 Å². The SMILES string of the molecule is CN1Cc2c(Cl)cc(Cl)cc2C(c2ccc(N(C)C(=O)N(C)C)cc2)C1. The molecule has 0 N–H and O–H groups in total. The maximum absolute atomic E-state index is 12.1. The van der Waals surface area contributed by atoms with E-state index in [0.717, 1.165) is 29.4 Å². The number of nitrogens with zero attached hydrogens (tertiary/aromatic N) is 3. The van der Waals surface area contributed by atoms with Gasteiger partial charge >= 0.3 is 6.03 Å². The highest BCUT2D eigenvalue weighted by Gasteiger charge is 2.27. The van der Waals surface area contributed by atoms with E-state index < -0.39 is 0 Å². The number of hydrogen-bond donors (Lipinski definition) is 0. The zero-order chi connectivity index (χ0) is 19.0. The quantitative estimate of drug-likeness (QED) is 0.742. The summed E-state index contributed by atoms with van der Waals surface area (Å²) in [5, 5.41) is 1.38. The van der Waals surface area contributed by atoms with Crippen LogP contribution in [0.25, 0.3) is 0 Å². The van der Waals surface area contributed by atoms with Gasteiger partial charge in [-0.1, -0.05) is 35.3 Å². The Hall–Kier alpha value is -1.75. The monoisotopic (exact) mass is 391 g/mol. The number of halogens is 2. The summed E-state index contributed by atoms with van der Waals surface area (Å²) in [7, 11) is 7.37. The molecule has 6 heteroatoms. The number of hydrogen-bond acceptors (Lipinski definition) is 2. The van der Waals surface area contributed by atoms with Gasteiger partial charge in [-0.2, -0.15) is 0 Å². The number of benzene rings is 2. The largest absolute Gasteiger partial charge is 0.330 e. The zero-order valence-electron chi connectivity index (χ0n) is 15.5. The lowest BCUT2D eigenvalue weighted by Gasteiger charge is -2.33. The molecular formula is C20H23Cl2N3O. The molecule has 0 bridgehead atoms. The number of urea groups is 1. The second-order valence-corrected chi connectivity index (χ2v) is 7.88. The van der Waals surface area contributed by atoms with Crippen LogP contribution in [0.5, 0.6) is 0 Å². The van der Waals surface area contributed by atoms with E-state index in [1.165, 1.54) is 11.1 Å². The molecule has 0 saturated heterocycles. The minimum absolute atomic E-state index is 0.0564. The predicted octanol–water partition coefficient (Wildman–Crippen LogP) is 4.69. The normalized spacial score (nSPS) is 16.9. The molecule has 1 atom stereocenters. The number of likely N-dealkylation sites (N-methyl/N-ethyl adjacent to an activating group) is 1. The molecule has 0 spiro atoms. The number of fused-ring (bicyclic) bond motifs is 1. The van der Waals surface area contributed by atoms with Crippen LogP contribution in [0.4, 0.5) is 10.5 Å². The van der Waals surface area contributed by atoms with Crippen molar-refractivity contribution in [3.63, 3.8) is 0 Å². The van der Waals surface area contributed by atoms with Crippen molar-refractivity contribution in [3.8, 4) is 0 Å². The molecule has 2 amide bonds. The molecule has 26 heavy (non-hydrogen) atoms. The first-order chi connectivity index (χ1) is 12.3. The topological polar surface area (TPSA) is 26.8 Å². The van der Waals surface area contributed by atoms with Crippen LogP contribution in [0.3, 0.4) is 0 Å². The fourth-order valence-electron chi connectivity index (χ4n) is 3.47. The van der Waals surface area contributed by atoms with Gasteiger partial charge < -0.3 is 9.80 Å². The summed E-state index contributed by atoms with van der Waals surface area (Å²) < 4.78 is 0. The average Bonchev–Trinajstić information content (AvgIpc) is 2.60. The van der Waals surface area contributed by atoms with Gasteiger partial charge in [-0.05, 0) is 48.0 Å². The van der Waals surface area contributed by atoms with Gasteiger partial charge in [0.2, 0.25) is 0 Å². The average molecular weight is 392 g/mol. The summed E-state index contributed by atoms with van der Waals surface area (Å²) in [6.07, 6.45) is 0. The van der Waals surface area contributed by atoms with Gasteiger partial charge in [0, 0.05) is 55.9 Å². The minimum Gasteiger partial charge on any atom is -0.330 e. The van der Waals surface area contributed by atoms with Crippen molar-refractivity contribution in [2.75, 3.05) is 39.6 Å². The van der Waals surface area contributed by atoms with E-state index in [1.807, 2.05) is 24.3 Å². The van der Waals surface area contributed by atoms with Crippen LogP contribution in [-0.4, -0.2) is 50.6 Å². The van der Waals surface area contributed by atoms with Gasteiger partial charge in [0.05, 0.1) is 0 Å². The Morgan fingerprint density at radius 2 is 1.77 bits per heavy atom. The van der Waals surface area contributed by atoms with Crippen molar-refractivity contribution < 1.29 is 4.79 Å². The first kappa shape index (κ1) is 19.0. The van der Waals surface area contributed by atoms with E-state index in [-0.39, 0.29) is 11.9 Å². The van der Waals surface area contributed by atoms with Crippen LogP contribution >= 0.6 is 23.2 Å². The molecule has 0 aliphatic carbocycles. The molecule has 1 unspecified atom stereocenters. The van der Waals surface area contributed by atoms with Crippen LogP contribution in [-0.2, 0) is 6.54 Å². The Morgan fingerprint density at radius 1 is 1.12 bits per heavy atom. The van der Waals surface area contributed by atoms with E-state index in [1.54, 1.807) is 30.9 Å². The molecule has 0 radical (unpaired) electrons. The van der Waals surface area contributed by atoms with Crippen molar-refractivity contribution in [1.29, 1.82) is 0 Å². The molecule has 2 aromatic carbocycles. The van der Waals surface area contributed by atoms with E-state index in [2.05, 4.69) is 24.1 Å². The number of carbonyl (C=O) groups is 1. The second-order valence-electron chi connectivity index (χ2n) is 7.03. The highest BCUT2D eigenvalue weighted by molar-refractivity contribution is 6.35. The Morgan fingerprint density at radius 3 is 2.38 bits per heavy atom. The van der Waals surface area contributed by atoms with Gasteiger partial charge in [-0.15, -0.1) is 0 Å². The van der Waals surface area contributed by atoms with Gasteiger partial charge in [0.15, 0.2) is 0 Å². The van der Waals surface area contributed by atoms with E-state index >= 15 is 0 Å². The molecule has 0 saturated carbocycles. The summed E-state index contributed by atoms with van der Waals surface area (Å²) >= 11 is 12.7. The molecule has 1 aliphatic heterocycles. The third kappa shape index (κ3) is 3.68. The van der Waals surface area contributed by atoms with Crippen LogP contribution in [0, 0.1) is 0 Å². The highest BCUT2D eigenvalue weighted by Crippen LogP contribution is 2.38. The lowest BCUT2D eigenvalue weighted by molar-refractivity contribution is 0.225. The number of carbonyl (C=O) groups excluding carboxylic acids is 1. The number of rotatable bonds is 2. The maximum Gasteiger partial charge on any atom is 0.323 e. The number of amides is 2. The maximum atomic E-state index is 12.1. The Balaban J connectivity index is 1.94. The van der Waals surface area contributed by atoms with Crippen molar-refractivity contribution in [2.24, 2.45) is 0 Å². The van der Waals surface area contributed by atoms with Crippen molar-refractivity contribution >= 4 is 34.9 Å². The van der Waals surface area contributed by atoms with Crippen molar-refractivity contribution in [3.05, 3.63) is 63.1 Å². The van der Waals surface area contributed by atoms with E-state index in [9.17, 15) is 4.79 Å². The first-order valence-corrected chi connectivity index (χ1v) is 9.25. The summed E-state index contributed by atoms with van der Waals surface area (Å²) in [4.78, 5) is 17.6. The van der Waals surface area contributed by atoms with Gasteiger partial charge in [0.25, 0.3) is 0 Å². The first-order valence-electron chi connectivity index (χ1n) is 8.49. The highest BCUT2D eigenvalue weighted by atomic mass is 35.5. The summed E-state index contributed by atoms with van der Waals surface area (Å²) in [5.74, 6) is 0.198. The Bertz CT molecular complexity index is 821. The standard InChI is InChI=1S/C20H23Cl2N3O/c1-23(2)20(26)25(4)15-7-5-13(6-8-15)17-11-24(3)12-18-16(17)9-14(21)10-19(18)22/h5-10,17H,11-12H2,1-4H3. The second kappa shape index (κ2) is 7.47.